The summed E-state index contributed by atoms with van der Waals surface area (Å²) in [6, 6.07) is 3.86. The van der Waals surface area contributed by atoms with Crippen LogP contribution in [0.3, 0.4) is 0 Å². The zero-order valence-corrected chi connectivity index (χ0v) is 9.80. The second-order valence-electron chi connectivity index (χ2n) is 4.68. The van der Waals surface area contributed by atoms with Gasteiger partial charge in [-0.2, -0.15) is 0 Å². The number of furan rings is 1. The third-order valence-electron chi connectivity index (χ3n) is 3.50. The Hall–Kier alpha value is -2.04. The number of nitrogens with zero attached hydrogens (tertiary/aromatic N) is 1. The van der Waals surface area contributed by atoms with Gasteiger partial charge < -0.3 is 14.8 Å². The standard InChI is InChI=1S/C13H14N2O3/c16-13(17)8-1-2-9(7-8)15-12-10-4-6-18-11(10)3-5-14-12/h3-6,8-9H,1-2,7H2,(H,14,15)(H,16,17). The minimum atomic E-state index is -0.700. The lowest BCUT2D eigenvalue weighted by Crippen LogP contribution is -2.18. The van der Waals surface area contributed by atoms with Crippen LogP contribution in [0.15, 0.2) is 29.0 Å². The number of hydrogen-bond donors (Lipinski definition) is 2. The predicted molar refractivity (Wildman–Crippen MR) is 66.4 cm³/mol. The molecular formula is C13H14N2O3. The van der Waals surface area contributed by atoms with Gasteiger partial charge in [0.15, 0.2) is 0 Å². The van der Waals surface area contributed by atoms with Gasteiger partial charge in [-0.3, -0.25) is 4.79 Å². The molecule has 2 atom stereocenters. The number of anilines is 1. The Morgan fingerprint density at radius 2 is 2.33 bits per heavy atom. The first-order chi connectivity index (χ1) is 8.74. The molecule has 2 N–H and O–H groups in total. The Morgan fingerprint density at radius 3 is 3.11 bits per heavy atom. The molecule has 1 aliphatic rings. The second kappa shape index (κ2) is 4.33. The molecule has 1 aliphatic carbocycles. The van der Waals surface area contributed by atoms with E-state index in [0.29, 0.717) is 6.42 Å². The van der Waals surface area contributed by atoms with Gasteiger partial charge in [-0.1, -0.05) is 0 Å². The number of rotatable bonds is 3. The van der Waals surface area contributed by atoms with Crippen molar-refractivity contribution in [3.8, 4) is 0 Å². The molecule has 0 amide bonds. The molecule has 2 heterocycles. The molecule has 0 bridgehead atoms. The van der Waals surface area contributed by atoms with Crippen molar-refractivity contribution < 1.29 is 14.3 Å². The molecule has 94 valence electrons. The Kier molecular flexibility index (Phi) is 2.66. The number of carboxylic acids is 1. The number of pyridine rings is 1. The lowest BCUT2D eigenvalue weighted by atomic mass is 10.1. The average Bonchev–Trinajstić information content (AvgIpc) is 2.97. The highest BCUT2D eigenvalue weighted by molar-refractivity contribution is 5.88. The third kappa shape index (κ3) is 1.92. The maximum atomic E-state index is 10.9. The van der Waals surface area contributed by atoms with Gasteiger partial charge in [0.25, 0.3) is 0 Å². The van der Waals surface area contributed by atoms with Gasteiger partial charge in [0.05, 0.1) is 17.6 Å². The van der Waals surface area contributed by atoms with Crippen molar-refractivity contribution >= 4 is 22.8 Å². The summed E-state index contributed by atoms with van der Waals surface area (Å²) in [5, 5.41) is 13.2. The van der Waals surface area contributed by atoms with E-state index >= 15 is 0 Å². The number of fused-ring (bicyclic) bond motifs is 1. The second-order valence-corrected chi connectivity index (χ2v) is 4.68. The summed E-state index contributed by atoms with van der Waals surface area (Å²) in [4.78, 5) is 15.2. The third-order valence-corrected chi connectivity index (χ3v) is 3.50. The van der Waals surface area contributed by atoms with Gasteiger partial charge >= 0.3 is 5.97 Å². The molecule has 5 nitrogen and oxygen atoms in total. The summed E-state index contributed by atoms with van der Waals surface area (Å²) in [5.74, 6) is -0.155. The number of carbonyl (C=O) groups is 1. The van der Waals surface area contributed by atoms with Crippen molar-refractivity contribution in [2.24, 2.45) is 5.92 Å². The van der Waals surface area contributed by atoms with Crippen molar-refractivity contribution in [3.63, 3.8) is 0 Å². The number of aliphatic carboxylic acids is 1. The molecule has 0 aromatic carbocycles. The highest BCUT2D eigenvalue weighted by Crippen LogP contribution is 2.30. The Balaban J connectivity index is 1.77. The molecule has 0 saturated heterocycles. The van der Waals surface area contributed by atoms with E-state index in [2.05, 4.69) is 10.3 Å². The van der Waals surface area contributed by atoms with Crippen LogP contribution in [0.5, 0.6) is 0 Å². The molecule has 1 fully saturated rings. The predicted octanol–water partition coefficient (Wildman–Crippen LogP) is 2.49. The summed E-state index contributed by atoms with van der Waals surface area (Å²) in [6.45, 7) is 0. The molecule has 5 heteroatoms. The zero-order chi connectivity index (χ0) is 12.5. The molecule has 18 heavy (non-hydrogen) atoms. The summed E-state index contributed by atoms with van der Waals surface area (Å²) in [7, 11) is 0. The van der Waals surface area contributed by atoms with Gasteiger partial charge in [-0.15, -0.1) is 0 Å². The highest BCUT2D eigenvalue weighted by Gasteiger charge is 2.30. The molecule has 2 unspecified atom stereocenters. The van der Waals surface area contributed by atoms with E-state index in [4.69, 9.17) is 9.52 Å². The van der Waals surface area contributed by atoms with Crippen LogP contribution in [0.4, 0.5) is 5.82 Å². The number of aromatic nitrogens is 1. The molecule has 0 aliphatic heterocycles. The number of carboxylic acid groups (broad SMARTS) is 1. The van der Waals surface area contributed by atoms with Crippen molar-refractivity contribution in [2.75, 3.05) is 5.32 Å². The summed E-state index contributed by atoms with van der Waals surface area (Å²) in [6.07, 6.45) is 5.58. The quantitative estimate of drug-likeness (QED) is 0.870. The SMILES string of the molecule is O=C(O)C1CCC(Nc2nccc3occc23)C1. The van der Waals surface area contributed by atoms with Crippen LogP contribution in [-0.4, -0.2) is 22.1 Å². The van der Waals surface area contributed by atoms with E-state index in [9.17, 15) is 4.79 Å². The van der Waals surface area contributed by atoms with E-state index < -0.39 is 5.97 Å². The van der Waals surface area contributed by atoms with E-state index in [0.717, 1.165) is 29.6 Å². The molecule has 2 aromatic heterocycles. The first-order valence-electron chi connectivity index (χ1n) is 6.05. The first kappa shape index (κ1) is 11.1. The molecular weight excluding hydrogens is 232 g/mol. The first-order valence-corrected chi connectivity index (χ1v) is 6.05. The normalized spacial score (nSPS) is 23.3. The van der Waals surface area contributed by atoms with Crippen molar-refractivity contribution in [1.29, 1.82) is 0 Å². The fraction of sp³-hybridized carbons (Fsp3) is 0.385. The van der Waals surface area contributed by atoms with Crippen molar-refractivity contribution in [2.45, 2.75) is 25.3 Å². The van der Waals surface area contributed by atoms with Crippen LogP contribution >= 0.6 is 0 Å². The van der Waals surface area contributed by atoms with Gasteiger partial charge in [0, 0.05) is 12.2 Å². The smallest absolute Gasteiger partial charge is 0.306 e. The van der Waals surface area contributed by atoms with Crippen molar-refractivity contribution in [3.05, 3.63) is 24.6 Å². The Labute approximate surface area is 104 Å². The van der Waals surface area contributed by atoms with E-state index in [1.807, 2.05) is 12.1 Å². The topological polar surface area (TPSA) is 75.4 Å². The minimum Gasteiger partial charge on any atom is -0.481 e. The fourth-order valence-corrected chi connectivity index (χ4v) is 2.54. The van der Waals surface area contributed by atoms with Gasteiger partial charge in [0.2, 0.25) is 0 Å². The molecule has 0 radical (unpaired) electrons. The maximum Gasteiger partial charge on any atom is 0.306 e. The minimum absolute atomic E-state index is 0.180. The summed E-state index contributed by atoms with van der Waals surface area (Å²) >= 11 is 0. The molecule has 2 aromatic rings. The molecule has 1 saturated carbocycles. The van der Waals surface area contributed by atoms with Crippen LogP contribution in [0.1, 0.15) is 19.3 Å². The summed E-state index contributed by atoms with van der Waals surface area (Å²) in [5.41, 5.74) is 0.792. The lowest BCUT2D eigenvalue weighted by molar-refractivity contribution is -0.141. The molecule has 3 rings (SSSR count). The van der Waals surface area contributed by atoms with Gasteiger partial charge in [0.1, 0.15) is 11.4 Å². The number of nitrogens with one attached hydrogen (secondary N) is 1. The van der Waals surface area contributed by atoms with Crippen LogP contribution in [-0.2, 0) is 4.79 Å². The van der Waals surface area contributed by atoms with Gasteiger partial charge in [-0.25, -0.2) is 4.98 Å². The Morgan fingerprint density at radius 1 is 1.44 bits per heavy atom. The van der Waals surface area contributed by atoms with Crippen LogP contribution in [0.25, 0.3) is 11.0 Å². The van der Waals surface area contributed by atoms with E-state index in [1.54, 1.807) is 12.5 Å². The average molecular weight is 246 g/mol. The van der Waals surface area contributed by atoms with E-state index in [-0.39, 0.29) is 12.0 Å². The monoisotopic (exact) mass is 246 g/mol. The van der Waals surface area contributed by atoms with Crippen molar-refractivity contribution in [1.82, 2.24) is 4.98 Å². The van der Waals surface area contributed by atoms with Crippen LogP contribution in [0.2, 0.25) is 0 Å². The van der Waals surface area contributed by atoms with Crippen LogP contribution in [0, 0.1) is 5.92 Å². The summed E-state index contributed by atoms with van der Waals surface area (Å²) < 4.78 is 5.31. The zero-order valence-electron chi connectivity index (χ0n) is 9.80. The fourth-order valence-electron chi connectivity index (χ4n) is 2.54. The number of hydrogen-bond acceptors (Lipinski definition) is 4. The lowest BCUT2D eigenvalue weighted by Gasteiger charge is -2.13. The van der Waals surface area contributed by atoms with Gasteiger partial charge in [-0.05, 0) is 31.4 Å². The maximum absolute atomic E-state index is 10.9. The highest BCUT2D eigenvalue weighted by atomic mass is 16.4. The molecule has 0 spiro atoms. The largest absolute Gasteiger partial charge is 0.481 e. The van der Waals surface area contributed by atoms with Crippen LogP contribution < -0.4 is 5.32 Å². The Bertz CT molecular complexity index is 578. The van der Waals surface area contributed by atoms with E-state index in [1.165, 1.54) is 0 Å².